The fraction of sp³-hybridized carbons (Fsp3) is 0.421. The number of ether oxygens (including phenoxy) is 1. The quantitative estimate of drug-likeness (QED) is 0.650. The first-order valence-electron chi connectivity index (χ1n) is 8.57. The molecule has 0 radical (unpaired) electrons. The Morgan fingerprint density at radius 2 is 1.92 bits per heavy atom. The van der Waals surface area contributed by atoms with Crippen LogP contribution in [0.25, 0.3) is 0 Å². The van der Waals surface area contributed by atoms with E-state index in [-0.39, 0.29) is 18.2 Å². The van der Waals surface area contributed by atoms with Crippen molar-refractivity contribution in [3.8, 4) is 0 Å². The van der Waals surface area contributed by atoms with Crippen LogP contribution in [0.5, 0.6) is 0 Å². The van der Waals surface area contributed by atoms with Gasteiger partial charge in [0.2, 0.25) is 0 Å². The Morgan fingerprint density at radius 3 is 2.46 bits per heavy atom. The first-order valence-corrected chi connectivity index (χ1v) is 8.57. The lowest BCUT2D eigenvalue weighted by molar-refractivity contribution is -0.138. The molecule has 1 aliphatic heterocycles. The lowest BCUT2D eigenvalue weighted by Gasteiger charge is -2.32. The van der Waals surface area contributed by atoms with E-state index in [4.69, 9.17) is 10.5 Å². The normalized spacial score (nSPS) is 17.8. The van der Waals surface area contributed by atoms with Crippen molar-refractivity contribution in [2.75, 3.05) is 45.7 Å². The molecule has 0 atom stereocenters. The summed E-state index contributed by atoms with van der Waals surface area (Å²) in [5.41, 5.74) is 9.26. The first-order chi connectivity index (χ1) is 12.4. The molecule has 0 unspecified atom stereocenters. The molecule has 1 aromatic rings. The van der Waals surface area contributed by atoms with Crippen LogP contribution in [0.2, 0.25) is 0 Å². The molecule has 1 aromatic carbocycles. The molecule has 0 aromatic heterocycles. The number of nitrogens with zero attached hydrogens (tertiary/aromatic N) is 3. The van der Waals surface area contributed by atoms with Crippen molar-refractivity contribution < 1.29 is 14.3 Å². The van der Waals surface area contributed by atoms with Crippen molar-refractivity contribution in [1.29, 1.82) is 0 Å². The summed E-state index contributed by atoms with van der Waals surface area (Å²) >= 11 is 0. The number of anilines is 1. The summed E-state index contributed by atoms with van der Waals surface area (Å²) in [5, 5.41) is 0. The largest absolute Gasteiger partial charge is 0.461 e. The van der Waals surface area contributed by atoms with Crippen molar-refractivity contribution in [3.63, 3.8) is 0 Å². The molecular weight excluding hydrogens is 332 g/mol. The Labute approximate surface area is 154 Å². The molecule has 1 saturated heterocycles. The summed E-state index contributed by atoms with van der Waals surface area (Å²) in [5.74, 6) is -0.555. The van der Waals surface area contributed by atoms with Crippen LogP contribution in [0.4, 0.5) is 5.69 Å². The number of esters is 1. The van der Waals surface area contributed by atoms with Gasteiger partial charge in [0.15, 0.2) is 0 Å². The maximum atomic E-state index is 12.0. The molecule has 0 aliphatic carbocycles. The molecule has 1 amide bonds. The third-order valence-electron chi connectivity index (χ3n) is 4.29. The van der Waals surface area contributed by atoms with Crippen molar-refractivity contribution in [1.82, 2.24) is 4.90 Å². The van der Waals surface area contributed by atoms with E-state index < -0.39 is 5.97 Å². The third-order valence-corrected chi connectivity index (χ3v) is 4.29. The van der Waals surface area contributed by atoms with Gasteiger partial charge in [0.05, 0.1) is 6.61 Å². The highest BCUT2D eigenvalue weighted by Crippen LogP contribution is 2.23. The maximum absolute atomic E-state index is 12.0. The van der Waals surface area contributed by atoms with Gasteiger partial charge in [0, 0.05) is 63.2 Å². The molecule has 0 saturated carbocycles. The molecule has 1 aliphatic rings. The van der Waals surface area contributed by atoms with Gasteiger partial charge in [-0.15, -0.1) is 0 Å². The van der Waals surface area contributed by atoms with E-state index in [1.54, 1.807) is 45.1 Å². The highest BCUT2D eigenvalue weighted by molar-refractivity contribution is 6.08. The second kappa shape index (κ2) is 8.51. The molecule has 26 heavy (non-hydrogen) atoms. The summed E-state index contributed by atoms with van der Waals surface area (Å²) in [6.45, 7) is 3.25. The van der Waals surface area contributed by atoms with Crippen LogP contribution in [-0.4, -0.2) is 63.3 Å². The standard InChI is InChI=1S/C19H26N4O3/c1-5-26-19(25)17(20)15-12-23(11-10-16(15)21-2)14-8-6-13(7-9-14)18(24)22(3)4/h6-9H,5,10-12,20H2,1-4H3/b17-15-,21-16?. The fourth-order valence-electron chi connectivity index (χ4n) is 2.87. The Kier molecular flexibility index (Phi) is 6.38. The van der Waals surface area contributed by atoms with Crippen LogP contribution in [0.1, 0.15) is 23.7 Å². The average molecular weight is 358 g/mol. The summed E-state index contributed by atoms with van der Waals surface area (Å²) in [7, 11) is 5.15. The van der Waals surface area contributed by atoms with Crippen molar-refractivity contribution in [3.05, 3.63) is 41.1 Å². The number of aliphatic imine (C=N–C) groups is 1. The summed E-state index contributed by atoms with van der Waals surface area (Å²) in [6.07, 6.45) is 0.685. The van der Waals surface area contributed by atoms with Gasteiger partial charge in [-0.05, 0) is 31.2 Å². The minimum absolute atomic E-state index is 0.0391. The Hall–Kier alpha value is -2.83. The zero-order valence-corrected chi connectivity index (χ0v) is 15.8. The molecule has 7 nitrogen and oxygen atoms in total. The molecule has 7 heteroatoms. The van der Waals surface area contributed by atoms with E-state index in [0.29, 0.717) is 24.1 Å². The van der Waals surface area contributed by atoms with Gasteiger partial charge in [-0.3, -0.25) is 9.79 Å². The fourth-order valence-corrected chi connectivity index (χ4v) is 2.87. The van der Waals surface area contributed by atoms with Gasteiger partial charge in [0.25, 0.3) is 5.91 Å². The van der Waals surface area contributed by atoms with E-state index in [9.17, 15) is 9.59 Å². The number of benzene rings is 1. The van der Waals surface area contributed by atoms with E-state index in [1.807, 2.05) is 12.1 Å². The zero-order chi connectivity index (χ0) is 19.3. The number of nitrogens with two attached hydrogens (primary N) is 1. The Bertz CT molecular complexity index is 736. The van der Waals surface area contributed by atoms with Gasteiger partial charge < -0.3 is 20.3 Å². The minimum atomic E-state index is -0.516. The highest BCUT2D eigenvalue weighted by Gasteiger charge is 2.25. The lowest BCUT2D eigenvalue weighted by atomic mass is 9.99. The zero-order valence-electron chi connectivity index (χ0n) is 15.8. The summed E-state index contributed by atoms with van der Waals surface area (Å²) in [4.78, 5) is 31.9. The summed E-state index contributed by atoms with van der Waals surface area (Å²) in [6, 6.07) is 7.42. The second-order valence-electron chi connectivity index (χ2n) is 6.20. The molecule has 1 fully saturated rings. The molecule has 0 spiro atoms. The van der Waals surface area contributed by atoms with Crippen LogP contribution in [0.15, 0.2) is 40.5 Å². The van der Waals surface area contributed by atoms with Crippen LogP contribution in [-0.2, 0) is 9.53 Å². The van der Waals surface area contributed by atoms with E-state index >= 15 is 0 Å². The van der Waals surface area contributed by atoms with Crippen molar-refractivity contribution >= 4 is 23.3 Å². The minimum Gasteiger partial charge on any atom is -0.461 e. The van der Waals surface area contributed by atoms with E-state index in [2.05, 4.69) is 9.89 Å². The third kappa shape index (κ3) is 4.22. The predicted molar refractivity (Wildman–Crippen MR) is 102 cm³/mol. The van der Waals surface area contributed by atoms with Crippen molar-refractivity contribution in [2.45, 2.75) is 13.3 Å². The number of amides is 1. The lowest BCUT2D eigenvalue weighted by Crippen LogP contribution is -2.38. The van der Waals surface area contributed by atoms with Gasteiger partial charge in [0.1, 0.15) is 5.70 Å². The number of piperidine rings is 1. The molecular formula is C19H26N4O3. The van der Waals surface area contributed by atoms with E-state index in [0.717, 1.165) is 17.9 Å². The van der Waals surface area contributed by atoms with Crippen LogP contribution in [0.3, 0.4) is 0 Å². The molecule has 0 bridgehead atoms. The van der Waals surface area contributed by atoms with Gasteiger partial charge in [-0.1, -0.05) is 0 Å². The van der Waals surface area contributed by atoms with Gasteiger partial charge >= 0.3 is 5.97 Å². The van der Waals surface area contributed by atoms with Crippen LogP contribution >= 0.6 is 0 Å². The number of hydrogen-bond donors (Lipinski definition) is 1. The topological polar surface area (TPSA) is 88.2 Å². The predicted octanol–water partition coefficient (Wildman–Crippen LogP) is 1.45. The Morgan fingerprint density at radius 1 is 1.27 bits per heavy atom. The number of carbonyl (C=O) groups excluding carboxylic acids is 2. The molecule has 1 heterocycles. The molecule has 2 N–H and O–H groups in total. The monoisotopic (exact) mass is 358 g/mol. The van der Waals surface area contributed by atoms with E-state index in [1.165, 1.54) is 0 Å². The van der Waals surface area contributed by atoms with Gasteiger partial charge in [-0.25, -0.2) is 4.79 Å². The number of hydrogen-bond acceptors (Lipinski definition) is 6. The maximum Gasteiger partial charge on any atom is 0.354 e. The van der Waals surface area contributed by atoms with Crippen LogP contribution in [0, 0.1) is 0 Å². The van der Waals surface area contributed by atoms with Crippen LogP contribution < -0.4 is 10.6 Å². The van der Waals surface area contributed by atoms with Gasteiger partial charge in [-0.2, -0.15) is 0 Å². The van der Waals surface area contributed by atoms with Crippen molar-refractivity contribution in [2.24, 2.45) is 10.7 Å². The summed E-state index contributed by atoms with van der Waals surface area (Å²) < 4.78 is 5.02. The first kappa shape index (κ1) is 19.5. The number of rotatable bonds is 4. The highest BCUT2D eigenvalue weighted by atomic mass is 16.5. The smallest absolute Gasteiger partial charge is 0.354 e. The molecule has 140 valence electrons. The Balaban J connectivity index is 2.25. The average Bonchev–Trinajstić information content (AvgIpc) is 2.66. The molecule has 2 rings (SSSR count). The number of carbonyl (C=O) groups is 2. The second-order valence-corrected chi connectivity index (χ2v) is 6.20. The SMILES string of the molecule is CCOC(=O)/C(N)=C1\CN(c2ccc(C(=O)N(C)C)cc2)CCC1=NC.